The van der Waals surface area contributed by atoms with E-state index in [1.54, 1.807) is 23.6 Å². The third kappa shape index (κ3) is 3.49. The monoisotopic (exact) mass is 322 g/mol. The second kappa shape index (κ2) is 5.95. The van der Waals surface area contributed by atoms with Gasteiger partial charge in [-0.2, -0.15) is 16.6 Å². The summed E-state index contributed by atoms with van der Waals surface area (Å²) in [4.78, 5) is -0.0892. The number of nitrogens with zero attached hydrogens (tertiary/aromatic N) is 1. The molecule has 7 heteroatoms. The first-order valence-corrected chi connectivity index (χ1v) is 8.53. The van der Waals surface area contributed by atoms with Crippen LogP contribution in [-0.4, -0.2) is 20.1 Å². The van der Waals surface area contributed by atoms with Gasteiger partial charge in [-0.3, -0.25) is 0 Å². The molecule has 0 aliphatic heterocycles. The van der Waals surface area contributed by atoms with Gasteiger partial charge < -0.3 is 5.11 Å². The minimum absolute atomic E-state index is 0.0696. The zero-order valence-electron chi connectivity index (χ0n) is 11.3. The summed E-state index contributed by atoms with van der Waals surface area (Å²) in [7, 11) is -3.86. The molecule has 2 rings (SSSR count). The van der Waals surface area contributed by atoms with E-state index >= 15 is 0 Å². The zero-order valence-corrected chi connectivity index (χ0v) is 12.9. The SMILES string of the molecule is CC(O)(CNS(=O)(=O)c1ccccc1C#N)c1ccsc1. The summed E-state index contributed by atoms with van der Waals surface area (Å²) in [5.74, 6) is 0. The lowest BCUT2D eigenvalue weighted by Gasteiger charge is -2.22. The highest BCUT2D eigenvalue weighted by atomic mass is 32.2. The number of benzene rings is 1. The van der Waals surface area contributed by atoms with Gasteiger partial charge in [-0.15, -0.1) is 0 Å². The zero-order chi connectivity index (χ0) is 15.5. The van der Waals surface area contributed by atoms with Gasteiger partial charge in [0.15, 0.2) is 0 Å². The minimum Gasteiger partial charge on any atom is -0.384 e. The number of sulfonamides is 1. The van der Waals surface area contributed by atoms with Crippen LogP contribution in [0.2, 0.25) is 0 Å². The van der Waals surface area contributed by atoms with Crippen LogP contribution < -0.4 is 4.72 Å². The molecule has 2 aromatic rings. The van der Waals surface area contributed by atoms with Gasteiger partial charge in [0.1, 0.15) is 11.7 Å². The Morgan fingerprint density at radius 2 is 2.10 bits per heavy atom. The molecular formula is C14H14N2O3S2. The van der Waals surface area contributed by atoms with Gasteiger partial charge in [0.25, 0.3) is 0 Å². The van der Waals surface area contributed by atoms with Crippen molar-refractivity contribution in [3.8, 4) is 6.07 Å². The van der Waals surface area contributed by atoms with Crippen molar-refractivity contribution in [3.63, 3.8) is 0 Å². The lowest BCUT2D eigenvalue weighted by Crippen LogP contribution is -2.38. The van der Waals surface area contributed by atoms with E-state index in [1.807, 2.05) is 11.4 Å². The van der Waals surface area contributed by atoms with Crippen LogP contribution >= 0.6 is 11.3 Å². The quantitative estimate of drug-likeness (QED) is 0.878. The number of thiophene rings is 1. The van der Waals surface area contributed by atoms with Crippen LogP contribution in [0.4, 0.5) is 0 Å². The van der Waals surface area contributed by atoms with Crippen molar-refractivity contribution in [3.05, 3.63) is 52.2 Å². The maximum absolute atomic E-state index is 12.3. The van der Waals surface area contributed by atoms with Crippen molar-refractivity contribution in [2.45, 2.75) is 17.4 Å². The van der Waals surface area contributed by atoms with E-state index in [0.29, 0.717) is 5.56 Å². The standard InChI is InChI=1S/C14H14N2O3S2/c1-14(17,12-6-7-20-9-12)10-16-21(18,19)13-5-3-2-4-11(13)8-15/h2-7,9,16-17H,10H2,1H3. The molecule has 0 saturated heterocycles. The van der Waals surface area contributed by atoms with Gasteiger partial charge in [0, 0.05) is 6.54 Å². The molecule has 110 valence electrons. The second-order valence-corrected chi connectivity index (χ2v) is 7.23. The van der Waals surface area contributed by atoms with Crippen LogP contribution in [0.15, 0.2) is 46.0 Å². The Kier molecular flexibility index (Phi) is 4.44. The molecular weight excluding hydrogens is 308 g/mol. The van der Waals surface area contributed by atoms with Gasteiger partial charge in [-0.25, -0.2) is 13.1 Å². The average molecular weight is 322 g/mol. The molecule has 0 amide bonds. The van der Waals surface area contributed by atoms with Crippen LogP contribution in [0.3, 0.4) is 0 Å². The van der Waals surface area contributed by atoms with E-state index in [2.05, 4.69) is 4.72 Å². The number of aliphatic hydroxyl groups is 1. The number of rotatable bonds is 5. The summed E-state index contributed by atoms with van der Waals surface area (Å²) in [5.41, 5.74) is -0.599. The van der Waals surface area contributed by atoms with E-state index in [1.165, 1.54) is 30.4 Å². The summed E-state index contributed by atoms with van der Waals surface area (Å²) in [6.45, 7) is 1.36. The van der Waals surface area contributed by atoms with Crippen molar-refractivity contribution in [2.24, 2.45) is 0 Å². The Balaban J connectivity index is 2.21. The number of nitrogens with one attached hydrogen (secondary N) is 1. The Morgan fingerprint density at radius 3 is 2.71 bits per heavy atom. The Labute approximate surface area is 127 Å². The maximum atomic E-state index is 12.3. The van der Waals surface area contributed by atoms with E-state index in [4.69, 9.17) is 5.26 Å². The lowest BCUT2D eigenvalue weighted by molar-refractivity contribution is 0.0632. The predicted molar refractivity (Wildman–Crippen MR) is 80.2 cm³/mol. The third-order valence-corrected chi connectivity index (χ3v) is 5.19. The van der Waals surface area contributed by atoms with Crippen LogP contribution in [0.25, 0.3) is 0 Å². The molecule has 1 aromatic carbocycles. The molecule has 1 aromatic heterocycles. The van der Waals surface area contributed by atoms with E-state index in [9.17, 15) is 13.5 Å². The summed E-state index contributed by atoms with van der Waals surface area (Å²) >= 11 is 1.42. The van der Waals surface area contributed by atoms with Crippen LogP contribution in [0.5, 0.6) is 0 Å². The number of hydrogen-bond acceptors (Lipinski definition) is 5. The van der Waals surface area contributed by atoms with Crippen LogP contribution in [-0.2, 0) is 15.6 Å². The highest BCUT2D eigenvalue weighted by molar-refractivity contribution is 7.89. The number of hydrogen-bond donors (Lipinski definition) is 2. The van der Waals surface area contributed by atoms with Crippen LogP contribution in [0.1, 0.15) is 18.1 Å². The molecule has 0 bridgehead atoms. The average Bonchev–Trinajstić information content (AvgIpc) is 3.00. The molecule has 0 aliphatic carbocycles. The summed E-state index contributed by atoms with van der Waals surface area (Å²) in [5, 5.41) is 22.9. The first kappa shape index (κ1) is 15.7. The van der Waals surface area contributed by atoms with E-state index in [0.717, 1.165) is 0 Å². The fraction of sp³-hybridized carbons (Fsp3) is 0.214. The van der Waals surface area contributed by atoms with Crippen molar-refractivity contribution < 1.29 is 13.5 Å². The second-order valence-electron chi connectivity index (χ2n) is 4.72. The van der Waals surface area contributed by atoms with Gasteiger partial charge in [0.2, 0.25) is 10.0 Å². The summed E-state index contributed by atoms with van der Waals surface area (Å²) in [6, 6.07) is 9.53. The third-order valence-electron chi connectivity index (χ3n) is 3.05. The molecule has 0 fully saturated rings. The molecule has 5 nitrogen and oxygen atoms in total. The summed E-state index contributed by atoms with van der Waals surface area (Å²) < 4.78 is 26.9. The van der Waals surface area contributed by atoms with Gasteiger partial charge in [-0.05, 0) is 41.4 Å². The fourth-order valence-electron chi connectivity index (χ4n) is 1.78. The molecule has 0 saturated carbocycles. The molecule has 21 heavy (non-hydrogen) atoms. The van der Waals surface area contributed by atoms with Crippen LogP contribution in [0, 0.1) is 11.3 Å². The first-order valence-electron chi connectivity index (χ1n) is 6.11. The van der Waals surface area contributed by atoms with Gasteiger partial charge in [0.05, 0.1) is 10.5 Å². The van der Waals surface area contributed by atoms with Crippen molar-refractivity contribution in [1.29, 1.82) is 5.26 Å². The molecule has 1 heterocycles. The first-order chi connectivity index (χ1) is 9.87. The van der Waals surface area contributed by atoms with Gasteiger partial charge in [-0.1, -0.05) is 12.1 Å². The Hall–Kier alpha value is -1.72. The lowest BCUT2D eigenvalue weighted by atomic mass is 10.0. The molecule has 2 N–H and O–H groups in total. The smallest absolute Gasteiger partial charge is 0.241 e. The highest BCUT2D eigenvalue weighted by Crippen LogP contribution is 2.23. The fourth-order valence-corrected chi connectivity index (χ4v) is 3.85. The van der Waals surface area contributed by atoms with Crippen molar-refractivity contribution in [2.75, 3.05) is 6.54 Å². The molecule has 0 aliphatic rings. The van der Waals surface area contributed by atoms with E-state index in [-0.39, 0.29) is 17.0 Å². The molecule has 1 unspecified atom stereocenters. The topological polar surface area (TPSA) is 90.2 Å². The molecule has 1 atom stereocenters. The number of nitriles is 1. The molecule has 0 spiro atoms. The highest BCUT2D eigenvalue weighted by Gasteiger charge is 2.27. The Bertz CT molecular complexity index is 760. The van der Waals surface area contributed by atoms with Crippen molar-refractivity contribution >= 4 is 21.4 Å². The normalized spacial score (nSPS) is 14.3. The largest absolute Gasteiger partial charge is 0.384 e. The summed E-state index contributed by atoms with van der Waals surface area (Å²) in [6.07, 6.45) is 0. The van der Waals surface area contributed by atoms with Gasteiger partial charge >= 0.3 is 0 Å². The minimum atomic E-state index is -3.86. The maximum Gasteiger partial charge on any atom is 0.241 e. The van der Waals surface area contributed by atoms with Crippen molar-refractivity contribution in [1.82, 2.24) is 4.72 Å². The molecule has 0 radical (unpaired) electrons. The Morgan fingerprint density at radius 1 is 1.38 bits per heavy atom. The predicted octanol–water partition coefficient (Wildman–Crippen LogP) is 1.81. The van der Waals surface area contributed by atoms with E-state index < -0.39 is 15.6 Å².